The summed E-state index contributed by atoms with van der Waals surface area (Å²) in [6.45, 7) is 4.54. The highest BCUT2D eigenvalue weighted by atomic mass is 32.2. The number of carbonyl (C=O) groups excluding carboxylic acids is 2. The lowest BCUT2D eigenvalue weighted by Crippen LogP contribution is -2.38. The number of carbonyl (C=O) groups is 2. The number of hydrogen-bond donors (Lipinski definition) is 1. The average Bonchev–Trinajstić information content (AvgIpc) is 3.42. The van der Waals surface area contributed by atoms with Crippen LogP contribution in [0.5, 0.6) is 0 Å². The first-order valence-electron chi connectivity index (χ1n) is 14.7. The highest BCUT2D eigenvalue weighted by molar-refractivity contribution is 7.97. The molecule has 3 fully saturated rings. The Kier molecular flexibility index (Phi) is 10.4. The van der Waals surface area contributed by atoms with Crippen LogP contribution in [-0.2, 0) is 45.5 Å². The van der Waals surface area contributed by atoms with E-state index in [2.05, 4.69) is 38.1 Å². The van der Waals surface area contributed by atoms with E-state index in [9.17, 15) is 22.6 Å². The van der Waals surface area contributed by atoms with Gasteiger partial charge in [0.05, 0.1) is 6.42 Å². The van der Waals surface area contributed by atoms with Gasteiger partial charge in [-0.25, -0.2) is 0 Å². The Labute approximate surface area is 236 Å². The lowest BCUT2D eigenvalue weighted by molar-refractivity contribution is -0.157. The molecule has 0 radical (unpaired) electrons. The maximum absolute atomic E-state index is 12.7. The molecule has 0 amide bonds. The first-order valence-corrected chi connectivity index (χ1v) is 17.7. The Morgan fingerprint density at radius 2 is 1.56 bits per heavy atom. The van der Waals surface area contributed by atoms with E-state index < -0.39 is 33.7 Å². The quantitative estimate of drug-likeness (QED) is 0.213. The van der Waals surface area contributed by atoms with Crippen LogP contribution < -0.4 is 0 Å². The SMILES string of the molecule is CC(C)(CC1CCCC(OC(=O)CC(C(=O)OC2CCCCC2)S(=O)(=O)O)C1)c1ccc([S+]2CCCC2)cc1. The third-order valence-electron chi connectivity index (χ3n) is 8.64. The molecule has 2 aliphatic carbocycles. The van der Waals surface area contributed by atoms with Crippen molar-refractivity contribution in [1.29, 1.82) is 0 Å². The zero-order chi connectivity index (χ0) is 28.0. The molecule has 0 spiro atoms. The third-order valence-corrected chi connectivity index (χ3v) is 12.2. The summed E-state index contributed by atoms with van der Waals surface area (Å²) in [4.78, 5) is 26.7. The Morgan fingerprint density at radius 1 is 0.923 bits per heavy atom. The van der Waals surface area contributed by atoms with Gasteiger partial charge < -0.3 is 9.47 Å². The van der Waals surface area contributed by atoms with E-state index in [1.165, 1.54) is 34.8 Å². The third kappa shape index (κ3) is 8.70. The molecule has 4 rings (SSSR count). The topological polar surface area (TPSA) is 107 Å². The van der Waals surface area contributed by atoms with Gasteiger partial charge in [0.25, 0.3) is 10.1 Å². The molecule has 1 N–H and O–H groups in total. The molecule has 1 aromatic carbocycles. The maximum Gasteiger partial charge on any atom is 0.327 e. The molecule has 1 aromatic rings. The van der Waals surface area contributed by atoms with Gasteiger partial charge in [-0.2, -0.15) is 8.42 Å². The molecule has 0 bridgehead atoms. The van der Waals surface area contributed by atoms with E-state index in [-0.39, 0.29) is 17.6 Å². The summed E-state index contributed by atoms with van der Waals surface area (Å²) < 4.78 is 44.5. The summed E-state index contributed by atoms with van der Waals surface area (Å²) in [6.07, 6.45) is 9.81. The zero-order valence-electron chi connectivity index (χ0n) is 23.4. The van der Waals surface area contributed by atoms with Gasteiger partial charge in [-0.1, -0.05) is 38.8 Å². The van der Waals surface area contributed by atoms with Crippen LogP contribution in [0.15, 0.2) is 29.2 Å². The van der Waals surface area contributed by atoms with Crippen molar-refractivity contribution in [1.82, 2.24) is 0 Å². The van der Waals surface area contributed by atoms with Crippen molar-refractivity contribution in [2.45, 2.75) is 125 Å². The van der Waals surface area contributed by atoms with Gasteiger partial charge >= 0.3 is 11.9 Å². The molecule has 7 nitrogen and oxygen atoms in total. The van der Waals surface area contributed by atoms with Gasteiger partial charge in [-0.15, -0.1) is 0 Å². The highest BCUT2D eigenvalue weighted by Crippen LogP contribution is 2.38. The number of esters is 2. The Hall–Kier alpha value is -1.58. The van der Waals surface area contributed by atoms with Gasteiger partial charge in [0.1, 0.15) is 23.7 Å². The number of rotatable bonds is 10. The van der Waals surface area contributed by atoms with Crippen LogP contribution in [0.1, 0.15) is 103 Å². The summed E-state index contributed by atoms with van der Waals surface area (Å²) in [7, 11) is -4.39. The van der Waals surface area contributed by atoms with Crippen molar-refractivity contribution in [3.8, 4) is 0 Å². The molecule has 3 unspecified atom stereocenters. The second kappa shape index (κ2) is 13.4. The van der Waals surface area contributed by atoms with E-state index in [0.29, 0.717) is 42.5 Å². The fraction of sp³-hybridized carbons (Fsp3) is 0.733. The summed E-state index contributed by atoms with van der Waals surface area (Å²) in [5, 5.41) is -1.95. The second-order valence-electron chi connectivity index (χ2n) is 12.3. The van der Waals surface area contributed by atoms with Crippen LogP contribution in [0.4, 0.5) is 0 Å². The summed E-state index contributed by atoms with van der Waals surface area (Å²) >= 11 is 0. The molecule has 1 aliphatic heterocycles. The summed E-state index contributed by atoms with van der Waals surface area (Å²) in [6, 6.07) is 9.18. The molecule has 0 aromatic heterocycles. The van der Waals surface area contributed by atoms with Gasteiger partial charge in [0, 0.05) is 10.9 Å². The Morgan fingerprint density at radius 3 is 2.21 bits per heavy atom. The average molecular weight is 582 g/mol. The Bertz CT molecular complexity index is 1070. The molecule has 218 valence electrons. The molecule has 3 aliphatic rings. The molecule has 9 heteroatoms. The smallest absolute Gasteiger partial charge is 0.327 e. The van der Waals surface area contributed by atoms with Crippen LogP contribution in [0.25, 0.3) is 0 Å². The fourth-order valence-electron chi connectivity index (χ4n) is 6.48. The zero-order valence-corrected chi connectivity index (χ0v) is 25.1. The fourth-order valence-corrected chi connectivity index (χ4v) is 9.43. The van der Waals surface area contributed by atoms with Crippen molar-refractivity contribution in [2.24, 2.45) is 5.92 Å². The second-order valence-corrected chi connectivity index (χ2v) is 16.1. The Balaban J connectivity index is 1.30. The predicted molar refractivity (Wildman–Crippen MR) is 153 cm³/mol. The maximum atomic E-state index is 12.7. The van der Waals surface area contributed by atoms with E-state index in [4.69, 9.17) is 9.47 Å². The summed E-state index contributed by atoms with van der Waals surface area (Å²) in [5.74, 6) is 1.15. The standard InChI is InChI=1S/C30H44O7S2/c1-30(2,23-13-15-26(16-14-23)38-17-6-7-18-38)21-22-9-8-12-25(19-22)36-28(31)20-27(39(33,34)35)29(32)37-24-10-4-3-5-11-24/h13-16,22,24-25,27H,3-12,17-21H2,1-2H3/p+1. The minimum absolute atomic E-state index is 0.0210. The molecule has 2 saturated carbocycles. The van der Waals surface area contributed by atoms with Crippen LogP contribution in [-0.4, -0.2) is 53.9 Å². The van der Waals surface area contributed by atoms with Gasteiger partial charge in [0.2, 0.25) is 0 Å². The van der Waals surface area contributed by atoms with Crippen molar-refractivity contribution >= 4 is 33.0 Å². The number of ether oxygens (including phenoxy) is 2. The van der Waals surface area contributed by atoms with E-state index in [0.717, 1.165) is 38.5 Å². The predicted octanol–water partition coefficient (Wildman–Crippen LogP) is 5.75. The largest absolute Gasteiger partial charge is 0.462 e. The van der Waals surface area contributed by atoms with Crippen LogP contribution in [0.3, 0.4) is 0 Å². The van der Waals surface area contributed by atoms with Crippen molar-refractivity contribution in [3.63, 3.8) is 0 Å². The van der Waals surface area contributed by atoms with Crippen LogP contribution in [0.2, 0.25) is 0 Å². The van der Waals surface area contributed by atoms with Crippen LogP contribution in [0, 0.1) is 5.92 Å². The molecular formula is C30H45O7S2+. The van der Waals surface area contributed by atoms with E-state index in [1.54, 1.807) is 0 Å². The van der Waals surface area contributed by atoms with Crippen molar-refractivity contribution < 1.29 is 32.0 Å². The molecule has 39 heavy (non-hydrogen) atoms. The lowest BCUT2D eigenvalue weighted by atomic mass is 9.72. The highest BCUT2D eigenvalue weighted by Gasteiger charge is 2.38. The van der Waals surface area contributed by atoms with Crippen molar-refractivity contribution in [2.75, 3.05) is 11.5 Å². The normalized spacial score (nSPS) is 24.3. The van der Waals surface area contributed by atoms with E-state index in [1.807, 2.05) is 0 Å². The van der Waals surface area contributed by atoms with Crippen LogP contribution >= 0.6 is 0 Å². The van der Waals surface area contributed by atoms with E-state index >= 15 is 0 Å². The minimum atomic E-state index is -4.80. The van der Waals surface area contributed by atoms with Crippen molar-refractivity contribution in [3.05, 3.63) is 29.8 Å². The summed E-state index contributed by atoms with van der Waals surface area (Å²) in [5.41, 5.74) is 1.30. The molecule has 1 heterocycles. The number of hydrogen-bond acceptors (Lipinski definition) is 6. The van der Waals surface area contributed by atoms with Gasteiger partial charge in [-0.3, -0.25) is 14.1 Å². The molecular weight excluding hydrogens is 536 g/mol. The molecule has 3 atom stereocenters. The number of benzene rings is 1. The molecule has 1 saturated heterocycles. The monoisotopic (exact) mass is 581 g/mol. The van der Waals surface area contributed by atoms with Gasteiger partial charge in [-0.05, 0) is 93.2 Å². The first kappa shape index (κ1) is 30.4. The lowest BCUT2D eigenvalue weighted by Gasteiger charge is -2.35. The minimum Gasteiger partial charge on any atom is -0.462 e. The van der Waals surface area contributed by atoms with Gasteiger partial charge in [0.15, 0.2) is 10.1 Å². The first-order chi connectivity index (χ1) is 18.5.